The number of benzene rings is 3. The first kappa shape index (κ1) is 20.9. The van der Waals surface area contributed by atoms with Crippen LogP contribution in [0.15, 0.2) is 78.9 Å². The number of carbonyl (C=O) groups is 2. The molecule has 1 N–H and O–H groups in total. The fourth-order valence-corrected chi connectivity index (χ4v) is 4.14. The van der Waals surface area contributed by atoms with Gasteiger partial charge in [0.05, 0.1) is 0 Å². The molecule has 0 saturated carbocycles. The quantitative estimate of drug-likeness (QED) is 0.615. The Balaban J connectivity index is 1.39. The van der Waals surface area contributed by atoms with E-state index in [-0.39, 0.29) is 11.8 Å². The molecular weight excluding hydrogens is 384 g/mol. The largest absolute Gasteiger partial charge is 0.339 e. The predicted molar refractivity (Wildman–Crippen MR) is 124 cm³/mol. The van der Waals surface area contributed by atoms with Crippen LogP contribution < -0.4 is 5.32 Å². The molecule has 4 heteroatoms. The highest BCUT2D eigenvalue weighted by Crippen LogP contribution is 2.24. The number of anilines is 1. The number of amides is 2. The summed E-state index contributed by atoms with van der Waals surface area (Å²) in [7, 11) is 0. The van der Waals surface area contributed by atoms with Gasteiger partial charge in [-0.15, -0.1) is 0 Å². The van der Waals surface area contributed by atoms with Crippen molar-refractivity contribution >= 4 is 17.5 Å². The van der Waals surface area contributed by atoms with Gasteiger partial charge >= 0.3 is 0 Å². The van der Waals surface area contributed by atoms with Crippen molar-refractivity contribution in [2.75, 3.05) is 18.4 Å². The first-order chi connectivity index (χ1) is 15.1. The molecule has 158 valence electrons. The van der Waals surface area contributed by atoms with E-state index in [2.05, 4.69) is 29.6 Å². The summed E-state index contributed by atoms with van der Waals surface area (Å²) in [5, 5.41) is 2.95. The molecule has 0 atom stereocenters. The highest BCUT2D eigenvalue weighted by Gasteiger charge is 2.24. The SMILES string of the molecule is Cc1ccc(C(=O)N2CCC(Cc3ccccc3)CC2)cc1NC(=O)c1ccccc1. The Morgan fingerprint density at radius 2 is 1.52 bits per heavy atom. The van der Waals surface area contributed by atoms with Gasteiger partial charge in [-0.25, -0.2) is 0 Å². The van der Waals surface area contributed by atoms with Crippen LogP contribution in [0.5, 0.6) is 0 Å². The average Bonchev–Trinajstić information content (AvgIpc) is 2.82. The lowest BCUT2D eigenvalue weighted by molar-refractivity contribution is 0.0690. The number of likely N-dealkylation sites (tertiary alicyclic amines) is 1. The standard InChI is InChI=1S/C27H28N2O2/c1-20-12-13-24(19-25(20)28-26(30)23-10-6-3-7-11-23)27(31)29-16-14-22(15-17-29)18-21-8-4-2-5-9-21/h2-13,19,22H,14-18H2,1H3,(H,28,30). The number of rotatable bonds is 5. The Labute approximate surface area is 183 Å². The minimum Gasteiger partial charge on any atom is -0.339 e. The Morgan fingerprint density at radius 3 is 2.19 bits per heavy atom. The van der Waals surface area contributed by atoms with Gasteiger partial charge in [-0.3, -0.25) is 9.59 Å². The second-order valence-corrected chi connectivity index (χ2v) is 8.28. The molecular formula is C27H28N2O2. The smallest absolute Gasteiger partial charge is 0.255 e. The molecule has 0 aromatic heterocycles. The van der Waals surface area contributed by atoms with E-state index in [1.54, 1.807) is 18.2 Å². The van der Waals surface area contributed by atoms with E-state index in [0.717, 1.165) is 37.9 Å². The fourth-order valence-electron chi connectivity index (χ4n) is 4.14. The van der Waals surface area contributed by atoms with Crippen LogP contribution >= 0.6 is 0 Å². The lowest BCUT2D eigenvalue weighted by Gasteiger charge is -2.32. The number of piperidine rings is 1. The van der Waals surface area contributed by atoms with Crippen LogP contribution in [0.3, 0.4) is 0 Å². The van der Waals surface area contributed by atoms with Crippen LogP contribution in [0.4, 0.5) is 5.69 Å². The van der Waals surface area contributed by atoms with Crippen molar-refractivity contribution in [1.82, 2.24) is 4.90 Å². The molecule has 0 spiro atoms. The zero-order valence-electron chi connectivity index (χ0n) is 17.9. The fraction of sp³-hybridized carbons (Fsp3) is 0.259. The van der Waals surface area contributed by atoms with Gasteiger partial charge in [-0.2, -0.15) is 0 Å². The second kappa shape index (κ2) is 9.61. The van der Waals surface area contributed by atoms with Gasteiger partial charge in [0.15, 0.2) is 0 Å². The minimum absolute atomic E-state index is 0.0355. The van der Waals surface area contributed by atoms with E-state index in [1.165, 1.54) is 5.56 Å². The van der Waals surface area contributed by atoms with Crippen LogP contribution in [-0.2, 0) is 6.42 Å². The third-order valence-electron chi connectivity index (χ3n) is 6.04. The molecule has 3 aromatic rings. The maximum atomic E-state index is 13.1. The van der Waals surface area contributed by atoms with Gasteiger partial charge in [0.2, 0.25) is 0 Å². The first-order valence-corrected chi connectivity index (χ1v) is 10.9. The van der Waals surface area contributed by atoms with Crippen LogP contribution in [0, 0.1) is 12.8 Å². The van der Waals surface area contributed by atoms with Crippen molar-refractivity contribution in [3.8, 4) is 0 Å². The monoisotopic (exact) mass is 412 g/mol. The van der Waals surface area contributed by atoms with Crippen molar-refractivity contribution in [2.45, 2.75) is 26.2 Å². The van der Waals surface area contributed by atoms with Gasteiger partial charge in [-0.1, -0.05) is 54.6 Å². The number of nitrogens with one attached hydrogen (secondary N) is 1. The molecule has 3 aromatic carbocycles. The third-order valence-corrected chi connectivity index (χ3v) is 6.04. The summed E-state index contributed by atoms with van der Waals surface area (Å²) in [6.07, 6.45) is 3.11. The minimum atomic E-state index is -0.171. The summed E-state index contributed by atoms with van der Waals surface area (Å²) in [5.74, 6) is 0.480. The zero-order chi connectivity index (χ0) is 21.6. The molecule has 0 unspecified atom stereocenters. The van der Waals surface area contributed by atoms with Gasteiger partial charge in [0, 0.05) is 29.9 Å². The highest BCUT2D eigenvalue weighted by molar-refractivity contribution is 6.05. The van der Waals surface area contributed by atoms with Gasteiger partial charge < -0.3 is 10.2 Å². The molecule has 0 bridgehead atoms. The van der Waals surface area contributed by atoms with E-state index >= 15 is 0 Å². The van der Waals surface area contributed by atoms with E-state index in [0.29, 0.717) is 22.7 Å². The predicted octanol–water partition coefficient (Wildman–Crippen LogP) is 5.34. The van der Waals surface area contributed by atoms with Crippen LogP contribution in [0.2, 0.25) is 0 Å². The Kier molecular flexibility index (Phi) is 6.46. The summed E-state index contributed by atoms with van der Waals surface area (Å²) in [6.45, 7) is 3.48. The van der Waals surface area contributed by atoms with Crippen molar-refractivity contribution in [1.29, 1.82) is 0 Å². The summed E-state index contributed by atoms with van der Waals surface area (Å²) in [6, 6.07) is 25.2. The molecule has 2 amide bonds. The molecule has 1 saturated heterocycles. The van der Waals surface area contributed by atoms with Gasteiger partial charge in [-0.05, 0) is 67.5 Å². The lowest BCUT2D eigenvalue weighted by Crippen LogP contribution is -2.39. The number of carbonyl (C=O) groups excluding carboxylic acids is 2. The second-order valence-electron chi connectivity index (χ2n) is 8.28. The Bertz CT molecular complexity index is 1040. The summed E-state index contributed by atoms with van der Waals surface area (Å²) in [5.41, 5.74) is 4.19. The summed E-state index contributed by atoms with van der Waals surface area (Å²) in [4.78, 5) is 27.6. The average molecular weight is 413 g/mol. The topological polar surface area (TPSA) is 49.4 Å². The van der Waals surface area contributed by atoms with E-state index in [1.807, 2.05) is 48.2 Å². The van der Waals surface area contributed by atoms with E-state index in [9.17, 15) is 9.59 Å². The molecule has 0 aliphatic carbocycles. The van der Waals surface area contributed by atoms with Crippen molar-refractivity contribution in [2.24, 2.45) is 5.92 Å². The van der Waals surface area contributed by atoms with Gasteiger partial charge in [0.25, 0.3) is 11.8 Å². The molecule has 0 radical (unpaired) electrons. The number of hydrogen-bond acceptors (Lipinski definition) is 2. The molecule has 4 rings (SSSR count). The molecule has 1 fully saturated rings. The Hall–Kier alpha value is -3.40. The van der Waals surface area contributed by atoms with E-state index in [4.69, 9.17) is 0 Å². The van der Waals surface area contributed by atoms with Crippen LogP contribution in [0.1, 0.15) is 44.7 Å². The first-order valence-electron chi connectivity index (χ1n) is 10.9. The molecule has 1 aliphatic rings. The van der Waals surface area contributed by atoms with Crippen molar-refractivity contribution in [3.05, 3.63) is 101 Å². The molecule has 1 heterocycles. The maximum Gasteiger partial charge on any atom is 0.255 e. The summed E-state index contributed by atoms with van der Waals surface area (Å²) < 4.78 is 0. The van der Waals surface area contributed by atoms with Crippen molar-refractivity contribution in [3.63, 3.8) is 0 Å². The number of aryl methyl sites for hydroxylation is 1. The zero-order valence-corrected chi connectivity index (χ0v) is 17.9. The molecule has 1 aliphatic heterocycles. The maximum absolute atomic E-state index is 13.1. The Morgan fingerprint density at radius 1 is 0.871 bits per heavy atom. The molecule has 31 heavy (non-hydrogen) atoms. The third kappa shape index (κ3) is 5.21. The lowest BCUT2D eigenvalue weighted by atomic mass is 9.90. The van der Waals surface area contributed by atoms with Crippen LogP contribution in [0.25, 0.3) is 0 Å². The van der Waals surface area contributed by atoms with Crippen molar-refractivity contribution < 1.29 is 9.59 Å². The normalized spacial score (nSPS) is 14.3. The molecule has 4 nitrogen and oxygen atoms in total. The number of nitrogens with zero attached hydrogens (tertiary/aromatic N) is 1. The van der Waals surface area contributed by atoms with E-state index < -0.39 is 0 Å². The highest BCUT2D eigenvalue weighted by atomic mass is 16.2. The van der Waals surface area contributed by atoms with Crippen LogP contribution in [-0.4, -0.2) is 29.8 Å². The summed E-state index contributed by atoms with van der Waals surface area (Å²) >= 11 is 0. The van der Waals surface area contributed by atoms with Gasteiger partial charge in [0.1, 0.15) is 0 Å². The number of hydrogen-bond donors (Lipinski definition) is 1.